The third kappa shape index (κ3) is 1.91. The Morgan fingerprint density at radius 2 is 2.17 bits per heavy atom. The lowest BCUT2D eigenvalue weighted by Crippen LogP contribution is -2.23. The molecule has 0 aliphatic carbocycles. The number of aromatic amines is 1. The van der Waals surface area contributed by atoms with Crippen LogP contribution in [-0.4, -0.2) is 10.8 Å². The van der Waals surface area contributed by atoms with Crippen LogP contribution in [0.1, 0.15) is 43.1 Å². The molecule has 0 aliphatic heterocycles. The van der Waals surface area contributed by atoms with Crippen LogP contribution in [0.4, 0.5) is 0 Å². The Bertz CT molecular complexity index is 644. The van der Waals surface area contributed by atoms with Gasteiger partial charge in [-0.05, 0) is 18.6 Å². The lowest BCUT2D eigenvalue weighted by molar-refractivity contribution is 0.0835. The van der Waals surface area contributed by atoms with Gasteiger partial charge in [0.2, 0.25) is 0 Å². The van der Waals surface area contributed by atoms with E-state index in [-0.39, 0.29) is 11.2 Å². The lowest BCUT2D eigenvalue weighted by Gasteiger charge is -2.20. The van der Waals surface area contributed by atoms with Gasteiger partial charge in [-0.2, -0.15) is 5.26 Å². The smallest absolute Gasteiger partial charge is 0.170 e. The van der Waals surface area contributed by atoms with Crippen LogP contribution in [0.5, 0.6) is 0 Å². The number of nitrogens with one attached hydrogen (secondary N) is 1. The average molecular weight is 240 g/mol. The van der Waals surface area contributed by atoms with Gasteiger partial charge in [-0.15, -0.1) is 0 Å². The van der Waals surface area contributed by atoms with E-state index < -0.39 is 0 Å². The molecular formula is C15H16N2O. The quantitative estimate of drug-likeness (QED) is 0.832. The molecule has 0 bridgehead atoms. The Balaban J connectivity index is 2.54. The maximum absolute atomic E-state index is 12.4. The summed E-state index contributed by atoms with van der Waals surface area (Å²) in [5, 5.41) is 9.74. The lowest BCUT2D eigenvalue weighted by atomic mass is 9.82. The van der Waals surface area contributed by atoms with E-state index in [4.69, 9.17) is 5.26 Å². The summed E-state index contributed by atoms with van der Waals surface area (Å²) in [7, 11) is 0. The minimum atomic E-state index is -0.358. The minimum Gasteiger partial charge on any atom is -0.360 e. The van der Waals surface area contributed by atoms with Crippen molar-refractivity contribution in [3.63, 3.8) is 0 Å². The van der Waals surface area contributed by atoms with Crippen LogP contribution in [0, 0.1) is 16.7 Å². The van der Waals surface area contributed by atoms with Gasteiger partial charge < -0.3 is 4.98 Å². The zero-order chi connectivity index (χ0) is 13.3. The van der Waals surface area contributed by atoms with Crippen LogP contribution in [0.2, 0.25) is 0 Å². The summed E-state index contributed by atoms with van der Waals surface area (Å²) >= 11 is 0. The first-order valence-corrected chi connectivity index (χ1v) is 6.05. The van der Waals surface area contributed by atoms with E-state index in [1.807, 2.05) is 26.8 Å². The van der Waals surface area contributed by atoms with Crippen LogP contribution >= 0.6 is 0 Å². The number of carbonyl (C=O) groups excluding carboxylic acids is 1. The van der Waals surface area contributed by atoms with E-state index in [9.17, 15) is 4.79 Å². The number of nitrogens with zero attached hydrogens (tertiary/aromatic N) is 1. The number of carbonyl (C=O) groups is 1. The third-order valence-corrected chi connectivity index (χ3v) is 3.55. The summed E-state index contributed by atoms with van der Waals surface area (Å²) in [5.74, 6) is 0.140. The summed E-state index contributed by atoms with van der Waals surface area (Å²) in [6.07, 6.45) is 2.54. The number of aromatic nitrogens is 1. The van der Waals surface area contributed by atoms with Crippen LogP contribution in [-0.2, 0) is 0 Å². The Morgan fingerprint density at radius 1 is 1.44 bits per heavy atom. The van der Waals surface area contributed by atoms with Crippen LogP contribution in [0.25, 0.3) is 10.9 Å². The summed E-state index contributed by atoms with van der Waals surface area (Å²) in [5.41, 5.74) is 1.78. The average Bonchev–Trinajstić information content (AvgIpc) is 2.80. The van der Waals surface area contributed by atoms with Crippen molar-refractivity contribution in [2.45, 2.75) is 27.2 Å². The summed E-state index contributed by atoms with van der Waals surface area (Å²) < 4.78 is 0. The van der Waals surface area contributed by atoms with E-state index in [1.165, 1.54) is 0 Å². The second-order valence-electron chi connectivity index (χ2n) is 5.14. The van der Waals surface area contributed by atoms with Crippen molar-refractivity contribution in [1.29, 1.82) is 5.26 Å². The van der Waals surface area contributed by atoms with Gasteiger partial charge in [0.05, 0.1) is 11.6 Å². The molecule has 0 saturated heterocycles. The third-order valence-electron chi connectivity index (χ3n) is 3.55. The largest absolute Gasteiger partial charge is 0.360 e. The number of Topliss-reactive ketones (excluding diaryl/α,β-unsaturated/α-hetero) is 1. The first-order chi connectivity index (χ1) is 8.49. The highest BCUT2D eigenvalue weighted by Crippen LogP contribution is 2.29. The van der Waals surface area contributed by atoms with E-state index in [2.05, 4.69) is 11.1 Å². The minimum absolute atomic E-state index is 0.140. The molecule has 2 rings (SSSR count). The number of hydrogen-bond donors (Lipinski definition) is 1. The molecule has 0 fully saturated rings. The molecule has 18 heavy (non-hydrogen) atoms. The number of benzene rings is 1. The maximum Gasteiger partial charge on any atom is 0.170 e. The fourth-order valence-electron chi connectivity index (χ4n) is 1.91. The molecule has 3 nitrogen and oxygen atoms in total. The molecule has 1 aromatic carbocycles. The molecule has 1 N–H and O–H groups in total. The van der Waals surface area contributed by atoms with Gasteiger partial charge in [0.15, 0.2) is 5.78 Å². The molecule has 0 atom stereocenters. The van der Waals surface area contributed by atoms with Gasteiger partial charge in [0.25, 0.3) is 0 Å². The van der Waals surface area contributed by atoms with Gasteiger partial charge in [-0.3, -0.25) is 4.79 Å². The van der Waals surface area contributed by atoms with Crippen molar-refractivity contribution in [1.82, 2.24) is 4.98 Å². The Kier molecular flexibility index (Phi) is 2.96. The number of fused-ring (bicyclic) bond motifs is 1. The normalized spacial score (nSPS) is 11.4. The SMILES string of the molecule is CCC(C)(C)C(=O)c1c[nH]c2cc(C#N)ccc12. The summed E-state index contributed by atoms with van der Waals surface area (Å²) in [6, 6.07) is 7.44. The number of hydrogen-bond acceptors (Lipinski definition) is 2. The van der Waals surface area contributed by atoms with Gasteiger partial charge >= 0.3 is 0 Å². The monoisotopic (exact) mass is 240 g/mol. The Morgan fingerprint density at radius 3 is 2.78 bits per heavy atom. The number of nitriles is 1. The van der Waals surface area contributed by atoms with Crippen LogP contribution < -0.4 is 0 Å². The predicted molar refractivity (Wildman–Crippen MR) is 71.4 cm³/mol. The van der Waals surface area contributed by atoms with E-state index >= 15 is 0 Å². The molecule has 1 heterocycles. The molecule has 0 spiro atoms. The van der Waals surface area contributed by atoms with Gasteiger partial charge in [0.1, 0.15) is 0 Å². The fourth-order valence-corrected chi connectivity index (χ4v) is 1.91. The van der Waals surface area contributed by atoms with Crippen molar-refractivity contribution in [3.8, 4) is 6.07 Å². The molecule has 3 heteroatoms. The summed E-state index contributed by atoms with van der Waals surface area (Å²) in [6.45, 7) is 5.93. The molecule has 1 aromatic heterocycles. The highest BCUT2D eigenvalue weighted by atomic mass is 16.1. The van der Waals surface area contributed by atoms with Crippen molar-refractivity contribution in [2.75, 3.05) is 0 Å². The van der Waals surface area contributed by atoms with Gasteiger partial charge in [-0.1, -0.05) is 26.8 Å². The molecule has 0 aliphatic rings. The number of H-pyrrole nitrogens is 1. The molecule has 2 aromatic rings. The second-order valence-corrected chi connectivity index (χ2v) is 5.14. The number of rotatable bonds is 3. The molecular weight excluding hydrogens is 224 g/mol. The second kappa shape index (κ2) is 4.30. The van der Waals surface area contributed by atoms with Gasteiger partial charge in [0, 0.05) is 28.1 Å². The maximum atomic E-state index is 12.4. The first-order valence-electron chi connectivity index (χ1n) is 6.05. The van der Waals surface area contributed by atoms with E-state index in [0.717, 1.165) is 17.3 Å². The Hall–Kier alpha value is -2.08. The number of ketones is 1. The fraction of sp³-hybridized carbons (Fsp3) is 0.333. The standard InChI is InChI=1S/C15H16N2O/c1-4-15(2,3)14(18)12-9-17-13-7-10(8-16)5-6-11(12)13/h5-7,9,17H,4H2,1-3H3. The van der Waals surface area contributed by atoms with Crippen LogP contribution in [0.3, 0.4) is 0 Å². The molecule has 0 unspecified atom stereocenters. The zero-order valence-electron chi connectivity index (χ0n) is 10.9. The molecule has 0 amide bonds. The van der Waals surface area contributed by atoms with Crippen molar-refractivity contribution in [2.24, 2.45) is 5.41 Å². The van der Waals surface area contributed by atoms with E-state index in [1.54, 1.807) is 18.3 Å². The van der Waals surface area contributed by atoms with Crippen LogP contribution in [0.15, 0.2) is 24.4 Å². The topological polar surface area (TPSA) is 56.6 Å². The van der Waals surface area contributed by atoms with Crippen molar-refractivity contribution < 1.29 is 4.79 Å². The first kappa shape index (κ1) is 12.4. The van der Waals surface area contributed by atoms with E-state index in [0.29, 0.717) is 11.1 Å². The molecule has 0 radical (unpaired) electrons. The molecule has 0 saturated carbocycles. The van der Waals surface area contributed by atoms with Gasteiger partial charge in [-0.25, -0.2) is 0 Å². The van der Waals surface area contributed by atoms with Crippen molar-refractivity contribution >= 4 is 16.7 Å². The molecule has 92 valence electrons. The predicted octanol–water partition coefficient (Wildman–Crippen LogP) is 3.66. The Labute approximate surface area is 106 Å². The van der Waals surface area contributed by atoms with Crippen molar-refractivity contribution in [3.05, 3.63) is 35.5 Å². The highest BCUT2D eigenvalue weighted by Gasteiger charge is 2.28. The zero-order valence-corrected chi connectivity index (χ0v) is 10.9. The highest BCUT2D eigenvalue weighted by molar-refractivity contribution is 6.10. The summed E-state index contributed by atoms with van der Waals surface area (Å²) in [4.78, 5) is 15.5.